The Morgan fingerprint density at radius 1 is 1.21 bits per heavy atom. The second kappa shape index (κ2) is 7.11. The minimum absolute atomic E-state index is 0.00717. The predicted octanol–water partition coefficient (Wildman–Crippen LogP) is 1.39. The minimum Gasteiger partial charge on any atom is -0.480 e. The summed E-state index contributed by atoms with van der Waals surface area (Å²) in [5, 5.41) is 0. The summed E-state index contributed by atoms with van der Waals surface area (Å²) >= 11 is 0. The van der Waals surface area contributed by atoms with Crippen LogP contribution in [0.15, 0.2) is 24.3 Å². The summed E-state index contributed by atoms with van der Waals surface area (Å²) in [6, 6.07) is 7.72. The fourth-order valence-electron chi connectivity index (χ4n) is 5.10. The molecule has 3 aliphatic heterocycles. The molecule has 0 aliphatic carbocycles. The standard InChI is InChI=1S/C21H26N2O5/c1-3-23-18(24)13-15(20(26)27-2)21(23)8-10-22(11-9-21)19(25)17-12-14-6-4-5-7-16(14)28-17/h4-7,15,17H,3,8-13H2,1-2H3. The highest BCUT2D eigenvalue weighted by atomic mass is 16.5. The number of benzene rings is 1. The third-order valence-electron chi connectivity index (χ3n) is 6.53. The minimum atomic E-state index is -0.546. The van der Waals surface area contributed by atoms with Crippen molar-refractivity contribution in [3.63, 3.8) is 0 Å². The first-order chi connectivity index (χ1) is 13.5. The first kappa shape index (κ1) is 18.8. The molecule has 0 N–H and O–H groups in total. The van der Waals surface area contributed by atoms with Crippen LogP contribution >= 0.6 is 0 Å². The lowest BCUT2D eigenvalue weighted by Crippen LogP contribution is -2.59. The molecule has 2 unspecified atom stereocenters. The van der Waals surface area contributed by atoms with Crippen LogP contribution in [-0.2, 0) is 25.5 Å². The lowest BCUT2D eigenvalue weighted by atomic mass is 9.76. The number of carbonyl (C=O) groups excluding carboxylic acids is 3. The van der Waals surface area contributed by atoms with Gasteiger partial charge in [-0.15, -0.1) is 0 Å². The zero-order chi connectivity index (χ0) is 19.9. The quantitative estimate of drug-likeness (QED) is 0.734. The molecule has 0 bridgehead atoms. The van der Waals surface area contributed by atoms with Gasteiger partial charge in [0, 0.05) is 32.5 Å². The van der Waals surface area contributed by atoms with E-state index in [0.717, 1.165) is 11.3 Å². The maximum atomic E-state index is 13.0. The van der Waals surface area contributed by atoms with Crippen LogP contribution in [0.1, 0.15) is 31.7 Å². The van der Waals surface area contributed by atoms with Gasteiger partial charge < -0.3 is 19.3 Å². The van der Waals surface area contributed by atoms with Crippen molar-refractivity contribution in [2.45, 2.75) is 44.2 Å². The normalized spacial score (nSPS) is 25.6. The van der Waals surface area contributed by atoms with Crippen LogP contribution in [0.4, 0.5) is 0 Å². The van der Waals surface area contributed by atoms with Crippen LogP contribution < -0.4 is 4.74 Å². The van der Waals surface area contributed by atoms with Gasteiger partial charge in [-0.25, -0.2) is 0 Å². The number of esters is 1. The molecule has 0 aromatic heterocycles. The van der Waals surface area contributed by atoms with Gasteiger partial charge in [-0.3, -0.25) is 14.4 Å². The van der Waals surface area contributed by atoms with Crippen molar-refractivity contribution in [3.8, 4) is 5.75 Å². The van der Waals surface area contributed by atoms with Crippen molar-refractivity contribution < 1.29 is 23.9 Å². The van der Waals surface area contributed by atoms with E-state index in [0.29, 0.717) is 38.9 Å². The van der Waals surface area contributed by atoms with Gasteiger partial charge in [-0.2, -0.15) is 0 Å². The number of hydrogen-bond donors (Lipinski definition) is 0. The Bertz CT molecular complexity index is 773. The van der Waals surface area contributed by atoms with E-state index < -0.39 is 17.6 Å². The van der Waals surface area contributed by atoms with Crippen molar-refractivity contribution in [1.82, 2.24) is 9.80 Å². The number of methoxy groups -OCH3 is 1. The highest BCUT2D eigenvalue weighted by Gasteiger charge is 2.57. The Balaban J connectivity index is 1.47. The maximum absolute atomic E-state index is 13.0. The Hall–Kier alpha value is -2.57. The molecule has 28 heavy (non-hydrogen) atoms. The third kappa shape index (κ3) is 2.84. The van der Waals surface area contributed by atoms with Crippen LogP contribution in [0.3, 0.4) is 0 Å². The molecule has 1 aromatic rings. The number of ether oxygens (including phenoxy) is 2. The summed E-state index contributed by atoms with van der Waals surface area (Å²) in [7, 11) is 1.36. The average molecular weight is 386 g/mol. The number of carbonyl (C=O) groups is 3. The third-order valence-corrected chi connectivity index (χ3v) is 6.53. The number of hydrogen-bond acceptors (Lipinski definition) is 5. The van der Waals surface area contributed by atoms with Gasteiger partial charge in [0.2, 0.25) is 5.91 Å². The molecule has 3 heterocycles. The Morgan fingerprint density at radius 3 is 2.57 bits per heavy atom. The van der Waals surface area contributed by atoms with E-state index in [-0.39, 0.29) is 24.2 Å². The summed E-state index contributed by atoms with van der Waals surface area (Å²) in [6.07, 6.45) is 1.45. The fraction of sp³-hybridized carbons (Fsp3) is 0.571. The molecular formula is C21H26N2O5. The molecule has 0 saturated carbocycles. The van der Waals surface area contributed by atoms with E-state index in [4.69, 9.17) is 9.47 Å². The van der Waals surface area contributed by atoms with E-state index >= 15 is 0 Å². The molecule has 2 fully saturated rings. The van der Waals surface area contributed by atoms with Crippen molar-refractivity contribution in [3.05, 3.63) is 29.8 Å². The highest BCUT2D eigenvalue weighted by molar-refractivity contribution is 5.89. The molecule has 4 rings (SSSR count). The van der Waals surface area contributed by atoms with Gasteiger partial charge in [-0.1, -0.05) is 18.2 Å². The van der Waals surface area contributed by atoms with E-state index in [2.05, 4.69) is 0 Å². The van der Waals surface area contributed by atoms with Gasteiger partial charge in [0.25, 0.3) is 5.91 Å². The lowest BCUT2D eigenvalue weighted by molar-refractivity contribution is -0.151. The number of piperidine rings is 1. The molecule has 2 saturated heterocycles. The second-order valence-electron chi connectivity index (χ2n) is 7.77. The van der Waals surface area contributed by atoms with Crippen LogP contribution in [0.5, 0.6) is 5.75 Å². The number of fused-ring (bicyclic) bond motifs is 1. The van der Waals surface area contributed by atoms with Crippen LogP contribution in [0.2, 0.25) is 0 Å². The average Bonchev–Trinajstić information content (AvgIpc) is 3.26. The molecule has 2 amide bonds. The smallest absolute Gasteiger partial charge is 0.311 e. The van der Waals surface area contributed by atoms with Crippen molar-refractivity contribution in [2.75, 3.05) is 26.7 Å². The molecule has 1 spiro atoms. The number of likely N-dealkylation sites (tertiary alicyclic amines) is 2. The number of rotatable bonds is 3. The van der Waals surface area contributed by atoms with Gasteiger partial charge in [0.15, 0.2) is 6.10 Å². The molecule has 7 nitrogen and oxygen atoms in total. The second-order valence-corrected chi connectivity index (χ2v) is 7.77. The molecule has 7 heteroatoms. The topological polar surface area (TPSA) is 76.2 Å². The molecule has 3 aliphatic rings. The van der Waals surface area contributed by atoms with Gasteiger partial charge in [0.1, 0.15) is 5.75 Å². The zero-order valence-electron chi connectivity index (χ0n) is 16.3. The maximum Gasteiger partial charge on any atom is 0.311 e. The van der Waals surface area contributed by atoms with Gasteiger partial charge >= 0.3 is 5.97 Å². The molecule has 150 valence electrons. The van der Waals surface area contributed by atoms with Crippen molar-refractivity contribution >= 4 is 17.8 Å². The van der Waals surface area contributed by atoms with Crippen molar-refractivity contribution in [1.29, 1.82) is 0 Å². The zero-order valence-corrected chi connectivity index (χ0v) is 16.3. The summed E-state index contributed by atoms with van der Waals surface area (Å²) in [5.41, 5.74) is 0.508. The molecule has 1 aromatic carbocycles. The SMILES string of the molecule is CCN1C(=O)CC(C(=O)OC)C12CCN(C(=O)C1Cc3ccccc3O1)CC2. The monoisotopic (exact) mass is 386 g/mol. The largest absolute Gasteiger partial charge is 0.480 e. The van der Waals surface area contributed by atoms with Crippen molar-refractivity contribution in [2.24, 2.45) is 5.92 Å². The van der Waals surface area contributed by atoms with Crippen LogP contribution in [0, 0.1) is 5.92 Å². The van der Waals surface area contributed by atoms with E-state index in [1.54, 1.807) is 0 Å². The predicted molar refractivity (Wildman–Crippen MR) is 101 cm³/mol. The summed E-state index contributed by atoms with van der Waals surface area (Å²) in [5.74, 6) is -0.0493. The number of nitrogens with zero attached hydrogens (tertiary/aromatic N) is 2. The Morgan fingerprint density at radius 2 is 1.93 bits per heavy atom. The first-order valence-electron chi connectivity index (χ1n) is 9.92. The van der Waals surface area contributed by atoms with Gasteiger partial charge in [0.05, 0.1) is 18.6 Å². The molecular weight excluding hydrogens is 360 g/mol. The van der Waals surface area contributed by atoms with E-state index in [1.807, 2.05) is 41.0 Å². The summed E-state index contributed by atoms with van der Waals surface area (Å²) in [6.45, 7) is 3.50. The summed E-state index contributed by atoms with van der Waals surface area (Å²) < 4.78 is 10.8. The Kier molecular flexibility index (Phi) is 4.77. The van der Waals surface area contributed by atoms with Gasteiger partial charge in [-0.05, 0) is 31.4 Å². The van der Waals surface area contributed by atoms with E-state index in [9.17, 15) is 14.4 Å². The highest BCUT2D eigenvalue weighted by Crippen LogP contribution is 2.44. The molecule has 2 atom stereocenters. The Labute approximate surface area is 164 Å². The van der Waals surface area contributed by atoms with Crippen LogP contribution in [-0.4, -0.2) is 66.0 Å². The van der Waals surface area contributed by atoms with Crippen LogP contribution in [0.25, 0.3) is 0 Å². The lowest BCUT2D eigenvalue weighted by Gasteiger charge is -2.47. The molecule has 0 radical (unpaired) electrons. The number of para-hydroxylation sites is 1. The fourth-order valence-corrected chi connectivity index (χ4v) is 5.10. The summed E-state index contributed by atoms with van der Waals surface area (Å²) in [4.78, 5) is 41.4. The van der Waals surface area contributed by atoms with E-state index in [1.165, 1.54) is 7.11 Å². The first-order valence-corrected chi connectivity index (χ1v) is 9.92. The number of amides is 2.